The minimum atomic E-state index is -0.710. The molecule has 0 saturated heterocycles. The van der Waals surface area contributed by atoms with Gasteiger partial charge in [-0.1, -0.05) is 44.2 Å². The summed E-state index contributed by atoms with van der Waals surface area (Å²) < 4.78 is 11.0. The van der Waals surface area contributed by atoms with Crippen LogP contribution in [0.3, 0.4) is 0 Å². The van der Waals surface area contributed by atoms with Crippen molar-refractivity contribution in [2.75, 3.05) is 7.11 Å². The zero-order valence-corrected chi connectivity index (χ0v) is 19.5. The van der Waals surface area contributed by atoms with E-state index in [0.717, 1.165) is 22.6 Å². The zero-order chi connectivity index (χ0) is 24.3. The van der Waals surface area contributed by atoms with Gasteiger partial charge in [0.15, 0.2) is 0 Å². The van der Waals surface area contributed by atoms with Crippen LogP contribution in [-0.4, -0.2) is 31.2 Å². The van der Waals surface area contributed by atoms with E-state index in [-0.39, 0.29) is 17.7 Å². The van der Waals surface area contributed by atoms with Crippen molar-refractivity contribution in [2.45, 2.75) is 26.5 Å². The van der Waals surface area contributed by atoms with Gasteiger partial charge in [-0.3, -0.25) is 9.59 Å². The lowest BCUT2D eigenvalue weighted by Gasteiger charge is -2.20. The molecule has 0 saturated carbocycles. The van der Waals surface area contributed by atoms with Crippen LogP contribution in [0.5, 0.6) is 11.5 Å². The molecular formula is C27H29N3O4. The summed E-state index contributed by atoms with van der Waals surface area (Å²) in [5, 5.41) is 6.81. The molecule has 176 valence electrons. The predicted molar refractivity (Wildman–Crippen MR) is 132 cm³/mol. The number of hydrogen-bond acceptors (Lipinski definition) is 5. The van der Waals surface area contributed by atoms with Crippen LogP contribution < -0.4 is 20.2 Å². The molecule has 0 fully saturated rings. The Labute approximate surface area is 199 Å². The van der Waals surface area contributed by atoms with Gasteiger partial charge in [0, 0.05) is 5.56 Å². The number of nitrogens with zero attached hydrogens (tertiary/aromatic N) is 1. The molecule has 3 aromatic carbocycles. The van der Waals surface area contributed by atoms with Gasteiger partial charge in [0.2, 0.25) is 0 Å². The Morgan fingerprint density at radius 2 is 1.56 bits per heavy atom. The van der Waals surface area contributed by atoms with Crippen molar-refractivity contribution in [2.24, 2.45) is 11.0 Å². The van der Waals surface area contributed by atoms with Gasteiger partial charge < -0.3 is 14.8 Å². The second-order valence-electron chi connectivity index (χ2n) is 8.00. The number of benzene rings is 3. The first-order chi connectivity index (χ1) is 16.5. The maximum absolute atomic E-state index is 12.6. The van der Waals surface area contributed by atoms with E-state index in [9.17, 15) is 9.59 Å². The molecule has 0 aliphatic rings. The summed E-state index contributed by atoms with van der Waals surface area (Å²) in [7, 11) is 1.63. The molecule has 7 nitrogen and oxygen atoms in total. The Kier molecular flexibility index (Phi) is 8.80. The number of hydrogen-bond donors (Lipinski definition) is 2. The normalized spacial score (nSPS) is 11.8. The fourth-order valence-electron chi connectivity index (χ4n) is 3.13. The summed E-state index contributed by atoms with van der Waals surface area (Å²) in [6.45, 7) is 4.17. The maximum Gasteiger partial charge on any atom is 0.262 e. The molecule has 0 radical (unpaired) electrons. The molecule has 2 N–H and O–H groups in total. The number of ether oxygens (including phenoxy) is 2. The van der Waals surface area contributed by atoms with E-state index in [1.54, 1.807) is 37.6 Å². The summed E-state index contributed by atoms with van der Waals surface area (Å²) in [6.07, 6.45) is 1.54. The van der Waals surface area contributed by atoms with Gasteiger partial charge in [0.05, 0.1) is 13.3 Å². The first-order valence-electron chi connectivity index (χ1n) is 11.0. The molecule has 1 unspecified atom stereocenters. The van der Waals surface area contributed by atoms with E-state index in [0.29, 0.717) is 12.2 Å². The lowest BCUT2D eigenvalue weighted by atomic mass is 10.0. The third-order valence-corrected chi connectivity index (χ3v) is 5.10. The quantitative estimate of drug-likeness (QED) is 0.352. The Bertz CT molecular complexity index is 1090. The highest BCUT2D eigenvalue weighted by molar-refractivity contribution is 5.97. The van der Waals surface area contributed by atoms with Crippen LogP contribution in [0.1, 0.15) is 35.3 Å². The fraction of sp³-hybridized carbons (Fsp3) is 0.222. The lowest BCUT2D eigenvalue weighted by molar-refractivity contribution is -0.123. The van der Waals surface area contributed by atoms with Gasteiger partial charge >= 0.3 is 0 Å². The van der Waals surface area contributed by atoms with Gasteiger partial charge in [0.25, 0.3) is 11.8 Å². The van der Waals surface area contributed by atoms with Crippen molar-refractivity contribution in [3.8, 4) is 11.5 Å². The number of carbonyl (C=O) groups is 2. The molecule has 0 aliphatic heterocycles. The fourth-order valence-corrected chi connectivity index (χ4v) is 3.13. The first-order valence-corrected chi connectivity index (χ1v) is 11.0. The number of amides is 2. The lowest BCUT2D eigenvalue weighted by Crippen LogP contribution is -2.48. The summed E-state index contributed by atoms with van der Waals surface area (Å²) in [4.78, 5) is 25.0. The van der Waals surface area contributed by atoms with E-state index in [2.05, 4.69) is 15.8 Å². The molecule has 0 spiro atoms. The Morgan fingerprint density at radius 1 is 0.912 bits per heavy atom. The monoisotopic (exact) mass is 459 g/mol. The van der Waals surface area contributed by atoms with Crippen molar-refractivity contribution >= 4 is 18.0 Å². The summed E-state index contributed by atoms with van der Waals surface area (Å²) in [5.41, 5.74) is 4.85. The Hall–Kier alpha value is -4.13. The van der Waals surface area contributed by atoms with Gasteiger partial charge in [-0.25, -0.2) is 5.43 Å². The smallest absolute Gasteiger partial charge is 0.262 e. The zero-order valence-electron chi connectivity index (χ0n) is 19.5. The van der Waals surface area contributed by atoms with Crippen LogP contribution in [0.4, 0.5) is 0 Å². The number of hydrazone groups is 1. The van der Waals surface area contributed by atoms with Gasteiger partial charge in [-0.05, 0) is 65.6 Å². The summed E-state index contributed by atoms with van der Waals surface area (Å²) in [5.74, 6) is 0.738. The van der Waals surface area contributed by atoms with Gasteiger partial charge in [-0.15, -0.1) is 0 Å². The average Bonchev–Trinajstić information content (AvgIpc) is 2.87. The van der Waals surface area contributed by atoms with E-state index in [4.69, 9.17) is 9.47 Å². The van der Waals surface area contributed by atoms with E-state index in [1.807, 2.05) is 68.4 Å². The summed E-state index contributed by atoms with van der Waals surface area (Å²) >= 11 is 0. The predicted octanol–water partition coefficient (Wildman–Crippen LogP) is 4.18. The largest absolute Gasteiger partial charge is 0.497 e. The van der Waals surface area contributed by atoms with Crippen LogP contribution in [0.25, 0.3) is 0 Å². The van der Waals surface area contributed by atoms with Crippen molar-refractivity contribution in [3.63, 3.8) is 0 Å². The summed E-state index contributed by atoms with van der Waals surface area (Å²) in [6, 6.07) is 23.1. The van der Waals surface area contributed by atoms with E-state index < -0.39 is 6.04 Å². The number of rotatable bonds is 10. The number of methoxy groups -OCH3 is 1. The third kappa shape index (κ3) is 7.20. The topological polar surface area (TPSA) is 89.0 Å². The Balaban J connectivity index is 1.50. The molecule has 7 heteroatoms. The highest BCUT2D eigenvalue weighted by atomic mass is 16.5. The highest BCUT2D eigenvalue weighted by Crippen LogP contribution is 2.16. The molecule has 0 aromatic heterocycles. The second kappa shape index (κ2) is 12.2. The van der Waals surface area contributed by atoms with Crippen LogP contribution in [0.2, 0.25) is 0 Å². The van der Waals surface area contributed by atoms with Crippen LogP contribution in [0, 0.1) is 5.92 Å². The van der Waals surface area contributed by atoms with Gasteiger partial charge in [0.1, 0.15) is 24.1 Å². The van der Waals surface area contributed by atoms with Gasteiger partial charge in [-0.2, -0.15) is 5.10 Å². The van der Waals surface area contributed by atoms with Crippen molar-refractivity contribution in [1.82, 2.24) is 10.7 Å². The minimum Gasteiger partial charge on any atom is -0.497 e. The molecule has 3 aromatic rings. The van der Waals surface area contributed by atoms with Crippen LogP contribution in [-0.2, 0) is 11.4 Å². The molecule has 1 atom stereocenters. The molecule has 0 aliphatic carbocycles. The molecule has 2 amide bonds. The molecule has 3 rings (SSSR count). The third-order valence-electron chi connectivity index (χ3n) is 5.10. The molecular weight excluding hydrogens is 430 g/mol. The Morgan fingerprint density at radius 3 is 2.18 bits per heavy atom. The van der Waals surface area contributed by atoms with Crippen molar-refractivity contribution < 1.29 is 19.1 Å². The average molecular weight is 460 g/mol. The second-order valence-corrected chi connectivity index (χ2v) is 8.00. The van der Waals surface area contributed by atoms with Crippen molar-refractivity contribution in [1.29, 1.82) is 0 Å². The van der Waals surface area contributed by atoms with Crippen LogP contribution >= 0.6 is 0 Å². The maximum atomic E-state index is 12.6. The minimum absolute atomic E-state index is 0.106. The standard InChI is InChI=1S/C27H29N3O4/c1-19(2)25(29-26(31)22-7-5-4-6-8-22)27(32)30-28-17-20-9-15-24(16-10-20)34-18-21-11-13-23(33-3)14-12-21/h4-17,19,25H,18H2,1-3H3,(H,29,31)(H,30,32)/b28-17+. The number of nitrogens with one attached hydrogen (secondary N) is 2. The molecule has 34 heavy (non-hydrogen) atoms. The van der Waals surface area contributed by atoms with Crippen LogP contribution in [0.15, 0.2) is 84.0 Å². The van der Waals surface area contributed by atoms with Crippen molar-refractivity contribution in [3.05, 3.63) is 95.6 Å². The molecule has 0 bridgehead atoms. The first kappa shape index (κ1) is 24.5. The van der Waals surface area contributed by atoms with E-state index in [1.165, 1.54) is 0 Å². The molecule has 0 heterocycles. The number of carbonyl (C=O) groups excluding carboxylic acids is 2. The highest BCUT2D eigenvalue weighted by Gasteiger charge is 2.24. The SMILES string of the molecule is COc1ccc(COc2ccc(/C=N/NC(=O)C(NC(=O)c3ccccc3)C(C)C)cc2)cc1. The van der Waals surface area contributed by atoms with E-state index >= 15 is 0 Å².